The van der Waals surface area contributed by atoms with Gasteiger partial charge >= 0.3 is 0 Å². The number of nitrogen functional groups attached to an aromatic ring is 1. The van der Waals surface area contributed by atoms with Crippen molar-refractivity contribution in [1.29, 1.82) is 0 Å². The number of anilines is 1. The third-order valence-electron chi connectivity index (χ3n) is 2.76. The zero-order valence-electron chi connectivity index (χ0n) is 11.1. The molecule has 2 aromatic rings. The number of likely N-dealkylation sites (N-methyl/N-ethyl adjacent to an activating group) is 1. The largest absolute Gasteiger partial charge is 0.492 e. The molecular weight excluding hydrogens is 238 g/mol. The molecule has 1 aromatic carbocycles. The van der Waals surface area contributed by atoms with E-state index in [9.17, 15) is 0 Å². The van der Waals surface area contributed by atoms with Crippen LogP contribution in [-0.2, 0) is 6.54 Å². The van der Waals surface area contributed by atoms with Gasteiger partial charge in [0.15, 0.2) is 0 Å². The highest BCUT2D eigenvalue weighted by Gasteiger charge is 2.01. The molecule has 0 aliphatic heterocycles. The van der Waals surface area contributed by atoms with Gasteiger partial charge in [-0.15, -0.1) is 0 Å². The second-order valence-electron chi connectivity index (χ2n) is 4.48. The Kier molecular flexibility index (Phi) is 4.75. The normalized spacial score (nSPS) is 10.6. The molecule has 0 aliphatic carbocycles. The minimum absolute atomic E-state index is 0.632. The summed E-state index contributed by atoms with van der Waals surface area (Å²) in [6.45, 7) is 2.29. The van der Waals surface area contributed by atoms with E-state index < -0.39 is 0 Å². The molecule has 0 saturated heterocycles. The predicted octanol–water partition coefficient (Wildman–Crippen LogP) is 2.17. The summed E-state index contributed by atoms with van der Waals surface area (Å²) < 4.78 is 5.65. The van der Waals surface area contributed by atoms with E-state index in [-0.39, 0.29) is 0 Å². The molecule has 0 amide bonds. The molecule has 0 aliphatic rings. The van der Waals surface area contributed by atoms with Crippen molar-refractivity contribution >= 4 is 5.69 Å². The Labute approximate surface area is 113 Å². The van der Waals surface area contributed by atoms with Gasteiger partial charge in [0, 0.05) is 31.0 Å². The van der Waals surface area contributed by atoms with Crippen LogP contribution in [0.1, 0.15) is 5.69 Å². The van der Waals surface area contributed by atoms with Crippen LogP contribution in [0, 0.1) is 0 Å². The fraction of sp³-hybridized carbons (Fsp3) is 0.267. The molecule has 1 aromatic heterocycles. The van der Waals surface area contributed by atoms with Crippen LogP contribution in [0.25, 0.3) is 0 Å². The van der Waals surface area contributed by atoms with Crippen molar-refractivity contribution in [2.45, 2.75) is 6.54 Å². The van der Waals surface area contributed by atoms with E-state index in [0.29, 0.717) is 6.61 Å². The average molecular weight is 257 g/mol. The summed E-state index contributed by atoms with van der Waals surface area (Å²) in [6.07, 6.45) is 1.81. The third kappa shape index (κ3) is 4.60. The van der Waals surface area contributed by atoms with Gasteiger partial charge in [-0.1, -0.05) is 12.1 Å². The number of hydrogen-bond donors (Lipinski definition) is 1. The highest BCUT2D eigenvalue weighted by molar-refractivity contribution is 5.43. The van der Waals surface area contributed by atoms with Crippen molar-refractivity contribution in [2.24, 2.45) is 0 Å². The zero-order chi connectivity index (χ0) is 13.5. The number of benzene rings is 1. The van der Waals surface area contributed by atoms with Crippen LogP contribution in [0.2, 0.25) is 0 Å². The number of ether oxygens (including phenoxy) is 1. The van der Waals surface area contributed by atoms with Gasteiger partial charge in [0.2, 0.25) is 0 Å². The van der Waals surface area contributed by atoms with Crippen molar-refractivity contribution < 1.29 is 4.74 Å². The molecule has 1 heterocycles. The summed E-state index contributed by atoms with van der Waals surface area (Å²) in [4.78, 5) is 6.47. The quantitative estimate of drug-likeness (QED) is 0.806. The summed E-state index contributed by atoms with van der Waals surface area (Å²) in [5.74, 6) is 0.811. The van der Waals surface area contributed by atoms with Gasteiger partial charge in [-0.2, -0.15) is 0 Å². The van der Waals surface area contributed by atoms with E-state index in [0.717, 1.165) is 30.2 Å². The lowest BCUT2D eigenvalue weighted by Gasteiger charge is -2.16. The SMILES string of the molecule is CN(CCOc1cccc(N)c1)Cc1ccccn1. The summed E-state index contributed by atoms with van der Waals surface area (Å²) in [5, 5.41) is 0. The van der Waals surface area contributed by atoms with Crippen molar-refractivity contribution in [3.63, 3.8) is 0 Å². The molecule has 4 heteroatoms. The second kappa shape index (κ2) is 6.75. The lowest BCUT2D eigenvalue weighted by molar-refractivity contribution is 0.231. The summed E-state index contributed by atoms with van der Waals surface area (Å²) >= 11 is 0. The van der Waals surface area contributed by atoms with Gasteiger partial charge in [0.1, 0.15) is 12.4 Å². The third-order valence-corrected chi connectivity index (χ3v) is 2.76. The number of nitrogens with zero attached hydrogens (tertiary/aromatic N) is 2. The van der Waals surface area contributed by atoms with Crippen LogP contribution in [0.3, 0.4) is 0 Å². The number of aromatic nitrogens is 1. The molecule has 2 rings (SSSR count). The van der Waals surface area contributed by atoms with Crippen LogP contribution in [-0.4, -0.2) is 30.1 Å². The number of hydrogen-bond acceptors (Lipinski definition) is 4. The molecule has 0 saturated carbocycles. The Morgan fingerprint density at radius 1 is 1.21 bits per heavy atom. The Hall–Kier alpha value is -2.07. The van der Waals surface area contributed by atoms with Crippen molar-refractivity contribution in [1.82, 2.24) is 9.88 Å². The maximum atomic E-state index is 5.69. The smallest absolute Gasteiger partial charge is 0.121 e. The highest BCUT2D eigenvalue weighted by Crippen LogP contribution is 2.14. The Bertz CT molecular complexity index is 502. The van der Waals surface area contributed by atoms with Crippen molar-refractivity contribution in [3.05, 3.63) is 54.4 Å². The van der Waals surface area contributed by atoms with Gasteiger partial charge in [0.05, 0.1) is 5.69 Å². The summed E-state index contributed by atoms with van der Waals surface area (Å²) in [5.41, 5.74) is 7.48. The fourth-order valence-corrected chi connectivity index (χ4v) is 1.77. The molecule has 100 valence electrons. The molecule has 0 spiro atoms. The maximum Gasteiger partial charge on any atom is 0.121 e. The summed E-state index contributed by atoms with van der Waals surface area (Å²) in [7, 11) is 2.05. The van der Waals surface area contributed by atoms with Crippen molar-refractivity contribution in [3.8, 4) is 5.75 Å². The topological polar surface area (TPSA) is 51.4 Å². The first-order chi connectivity index (χ1) is 9.24. The molecule has 19 heavy (non-hydrogen) atoms. The number of rotatable bonds is 6. The van der Waals surface area contributed by atoms with Gasteiger partial charge in [-0.3, -0.25) is 9.88 Å². The predicted molar refractivity (Wildman–Crippen MR) is 76.9 cm³/mol. The highest BCUT2D eigenvalue weighted by atomic mass is 16.5. The van der Waals surface area contributed by atoms with Gasteiger partial charge in [-0.05, 0) is 31.3 Å². The molecule has 0 unspecified atom stereocenters. The van der Waals surface area contributed by atoms with Gasteiger partial charge < -0.3 is 10.5 Å². The Morgan fingerprint density at radius 3 is 2.84 bits per heavy atom. The van der Waals surface area contributed by atoms with E-state index in [1.54, 1.807) is 0 Å². The maximum absolute atomic E-state index is 5.69. The first-order valence-corrected chi connectivity index (χ1v) is 6.31. The van der Waals surface area contributed by atoms with E-state index >= 15 is 0 Å². The zero-order valence-corrected chi connectivity index (χ0v) is 11.1. The van der Waals surface area contributed by atoms with Crippen LogP contribution in [0.4, 0.5) is 5.69 Å². The van der Waals surface area contributed by atoms with Crippen molar-refractivity contribution in [2.75, 3.05) is 25.9 Å². The van der Waals surface area contributed by atoms with E-state index in [1.807, 2.05) is 48.7 Å². The van der Waals surface area contributed by atoms with E-state index in [1.165, 1.54) is 0 Å². The second-order valence-corrected chi connectivity index (χ2v) is 4.48. The molecule has 0 radical (unpaired) electrons. The average Bonchev–Trinajstić information content (AvgIpc) is 2.40. The molecule has 2 N–H and O–H groups in total. The molecule has 0 fully saturated rings. The first kappa shape index (κ1) is 13.4. The number of nitrogens with two attached hydrogens (primary N) is 1. The standard InChI is InChI=1S/C15H19N3O/c1-18(12-14-6-2-3-8-17-14)9-10-19-15-7-4-5-13(16)11-15/h2-8,11H,9-10,12,16H2,1H3. The van der Waals surface area contributed by atoms with Crippen LogP contribution < -0.4 is 10.5 Å². The van der Waals surface area contributed by atoms with Crippen LogP contribution in [0.5, 0.6) is 5.75 Å². The number of pyridine rings is 1. The monoisotopic (exact) mass is 257 g/mol. The lowest BCUT2D eigenvalue weighted by Crippen LogP contribution is -2.24. The van der Waals surface area contributed by atoms with Gasteiger partial charge in [-0.25, -0.2) is 0 Å². The Balaban J connectivity index is 1.73. The van der Waals surface area contributed by atoms with Crippen LogP contribution >= 0.6 is 0 Å². The van der Waals surface area contributed by atoms with E-state index in [4.69, 9.17) is 10.5 Å². The minimum Gasteiger partial charge on any atom is -0.492 e. The first-order valence-electron chi connectivity index (χ1n) is 6.31. The fourth-order valence-electron chi connectivity index (χ4n) is 1.77. The minimum atomic E-state index is 0.632. The molecule has 4 nitrogen and oxygen atoms in total. The molecular formula is C15H19N3O. The lowest BCUT2D eigenvalue weighted by atomic mass is 10.3. The summed E-state index contributed by atoms with van der Waals surface area (Å²) in [6, 6.07) is 13.4. The van der Waals surface area contributed by atoms with Gasteiger partial charge in [0.25, 0.3) is 0 Å². The van der Waals surface area contributed by atoms with E-state index in [2.05, 4.69) is 16.9 Å². The molecule has 0 atom stereocenters. The molecule has 0 bridgehead atoms. The van der Waals surface area contributed by atoms with Crippen LogP contribution in [0.15, 0.2) is 48.7 Å². The Morgan fingerprint density at radius 2 is 2.11 bits per heavy atom.